The number of carbonyl (C=O) groups excluding carboxylic acids is 1. The Labute approximate surface area is 181 Å². The number of aryl methyl sites for hydroxylation is 1. The van der Waals surface area contributed by atoms with Crippen molar-refractivity contribution in [2.75, 3.05) is 0 Å². The summed E-state index contributed by atoms with van der Waals surface area (Å²) >= 11 is 1.44. The molecule has 2 aromatic heterocycles. The minimum Gasteiger partial charge on any atom is -0.352 e. The van der Waals surface area contributed by atoms with Gasteiger partial charge in [-0.25, -0.2) is 0 Å². The Morgan fingerprint density at radius 1 is 1.07 bits per heavy atom. The number of nitrogens with one attached hydrogen (secondary N) is 1. The maximum Gasteiger partial charge on any atom is 0.233 e. The number of hydrogen-bond donors (Lipinski definition) is 1. The number of aromatic nitrogens is 4. The molecule has 1 saturated carbocycles. The summed E-state index contributed by atoms with van der Waals surface area (Å²) < 4.78 is 2.02. The molecule has 3 aromatic rings. The number of thioether (sulfide) groups is 1. The van der Waals surface area contributed by atoms with Gasteiger partial charge in [0.25, 0.3) is 0 Å². The molecule has 1 amide bonds. The molecule has 1 fully saturated rings. The molecular weight excluding hydrogens is 394 g/mol. The molecule has 1 aliphatic rings. The highest BCUT2D eigenvalue weighted by atomic mass is 32.2. The van der Waals surface area contributed by atoms with Crippen LogP contribution in [0.15, 0.2) is 53.9 Å². The molecule has 0 bridgehead atoms. The van der Waals surface area contributed by atoms with Crippen LogP contribution in [0.1, 0.15) is 44.6 Å². The number of carbonyl (C=O) groups is 1. The summed E-state index contributed by atoms with van der Waals surface area (Å²) in [6, 6.07) is 12.4. The van der Waals surface area contributed by atoms with Crippen LogP contribution in [0.25, 0.3) is 17.1 Å². The fourth-order valence-electron chi connectivity index (χ4n) is 3.74. The van der Waals surface area contributed by atoms with Gasteiger partial charge in [0.1, 0.15) is 0 Å². The zero-order valence-corrected chi connectivity index (χ0v) is 18.2. The Morgan fingerprint density at radius 2 is 1.77 bits per heavy atom. The Balaban J connectivity index is 1.60. The normalized spacial score (nSPS) is 15.7. The van der Waals surface area contributed by atoms with Gasteiger partial charge in [0.15, 0.2) is 11.0 Å². The van der Waals surface area contributed by atoms with E-state index in [1.165, 1.54) is 36.6 Å². The van der Waals surface area contributed by atoms with Crippen molar-refractivity contribution in [3.63, 3.8) is 0 Å². The van der Waals surface area contributed by atoms with Gasteiger partial charge < -0.3 is 5.32 Å². The maximum atomic E-state index is 12.8. The van der Waals surface area contributed by atoms with Crippen molar-refractivity contribution < 1.29 is 4.79 Å². The summed E-state index contributed by atoms with van der Waals surface area (Å²) in [5.41, 5.74) is 3.09. The molecule has 1 atom stereocenters. The fourth-order valence-corrected chi connectivity index (χ4v) is 4.61. The van der Waals surface area contributed by atoms with Crippen molar-refractivity contribution in [3.05, 3.63) is 54.4 Å². The van der Waals surface area contributed by atoms with Gasteiger partial charge in [0, 0.05) is 29.7 Å². The predicted molar refractivity (Wildman–Crippen MR) is 120 cm³/mol. The molecule has 1 aliphatic carbocycles. The molecule has 1 unspecified atom stereocenters. The van der Waals surface area contributed by atoms with Crippen LogP contribution in [-0.2, 0) is 4.79 Å². The first-order valence-corrected chi connectivity index (χ1v) is 11.4. The summed E-state index contributed by atoms with van der Waals surface area (Å²) in [6.45, 7) is 4.00. The predicted octanol–water partition coefficient (Wildman–Crippen LogP) is 4.57. The highest BCUT2D eigenvalue weighted by molar-refractivity contribution is 8.00. The highest BCUT2D eigenvalue weighted by Crippen LogP contribution is 2.30. The van der Waals surface area contributed by atoms with E-state index >= 15 is 0 Å². The van der Waals surface area contributed by atoms with Crippen LogP contribution in [0.4, 0.5) is 0 Å². The van der Waals surface area contributed by atoms with E-state index in [4.69, 9.17) is 0 Å². The standard InChI is InChI=1S/C23H27N5OS/c1-16-8-10-20(11-9-16)28-21(18-12-14-24-15-13-18)26-27-23(28)30-17(2)22(29)25-19-6-4-3-5-7-19/h8-15,17,19H,3-7H2,1-2H3,(H,25,29). The molecule has 1 N–H and O–H groups in total. The Kier molecular flexibility index (Phi) is 6.47. The summed E-state index contributed by atoms with van der Waals surface area (Å²) in [4.78, 5) is 16.9. The number of hydrogen-bond acceptors (Lipinski definition) is 5. The van der Waals surface area contributed by atoms with Crippen LogP contribution < -0.4 is 5.32 Å². The lowest BCUT2D eigenvalue weighted by Gasteiger charge is -2.24. The van der Waals surface area contributed by atoms with Gasteiger partial charge in [0.05, 0.1) is 5.25 Å². The minimum atomic E-state index is -0.259. The van der Waals surface area contributed by atoms with E-state index in [2.05, 4.69) is 51.7 Å². The number of amides is 1. The van der Waals surface area contributed by atoms with E-state index in [9.17, 15) is 4.79 Å². The van der Waals surface area contributed by atoms with E-state index in [0.29, 0.717) is 11.2 Å². The second-order valence-corrected chi connectivity index (χ2v) is 9.12. The minimum absolute atomic E-state index is 0.0656. The Bertz CT molecular complexity index is 981. The molecule has 7 heteroatoms. The number of benzene rings is 1. The first kappa shape index (κ1) is 20.6. The van der Waals surface area contributed by atoms with Crippen LogP contribution in [0.5, 0.6) is 0 Å². The van der Waals surface area contributed by atoms with Crippen LogP contribution >= 0.6 is 11.8 Å². The Hall–Kier alpha value is -2.67. The molecule has 6 nitrogen and oxygen atoms in total. The van der Waals surface area contributed by atoms with Gasteiger partial charge in [0.2, 0.25) is 5.91 Å². The lowest BCUT2D eigenvalue weighted by atomic mass is 9.95. The van der Waals surface area contributed by atoms with Gasteiger partial charge in [-0.3, -0.25) is 14.3 Å². The van der Waals surface area contributed by atoms with Crippen LogP contribution in [0.3, 0.4) is 0 Å². The largest absolute Gasteiger partial charge is 0.352 e. The molecule has 30 heavy (non-hydrogen) atoms. The van der Waals surface area contributed by atoms with Crippen LogP contribution in [-0.4, -0.2) is 36.9 Å². The van der Waals surface area contributed by atoms with Crippen molar-refractivity contribution in [1.82, 2.24) is 25.1 Å². The molecule has 0 saturated heterocycles. The average molecular weight is 422 g/mol. The highest BCUT2D eigenvalue weighted by Gasteiger charge is 2.24. The summed E-state index contributed by atoms with van der Waals surface area (Å²) in [5.74, 6) is 0.805. The summed E-state index contributed by atoms with van der Waals surface area (Å²) in [5, 5.41) is 12.5. The van der Waals surface area contributed by atoms with Gasteiger partial charge in [-0.1, -0.05) is 48.7 Å². The third kappa shape index (κ3) is 4.73. The molecule has 156 valence electrons. The number of pyridine rings is 1. The maximum absolute atomic E-state index is 12.8. The summed E-state index contributed by atoms with van der Waals surface area (Å²) in [7, 11) is 0. The van der Waals surface area contributed by atoms with Crippen molar-refractivity contribution in [3.8, 4) is 17.1 Å². The van der Waals surface area contributed by atoms with Gasteiger partial charge >= 0.3 is 0 Å². The monoisotopic (exact) mass is 421 g/mol. The number of nitrogens with zero attached hydrogens (tertiary/aromatic N) is 4. The van der Waals surface area contributed by atoms with Crippen molar-refractivity contribution in [2.45, 2.75) is 62.4 Å². The zero-order chi connectivity index (χ0) is 20.9. The third-order valence-electron chi connectivity index (χ3n) is 5.47. The summed E-state index contributed by atoms with van der Waals surface area (Å²) in [6.07, 6.45) is 9.32. The first-order chi connectivity index (χ1) is 14.6. The third-order valence-corrected chi connectivity index (χ3v) is 6.51. The first-order valence-electron chi connectivity index (χ1n) is 10.5. The second-order valence-electron chi connectivity index (χ2n) is 7.82. The van der Waals surface area contributed by atoms with Crippen molar-refractivity contribution in [1.29, 1.82) is 0 Å². The van der Waals surface area contributed by atoms with Gasteiger partial charge in [-0.2, -0.15) is 0 Å². The van der Waals surface area contributed by atoms with Crippen molar-refractivity contribution >= 4 is 17.7 Å². The van der Waals surface area contributed by atoms with E-state index in [0.717, 1.165) is 29.9 Å². The van der Waals surface area contributed by atoms with Gasteiger partial charge in [-0.15, -0.1) is 10.2 Å². The SMILES string of the molecule is Cc1ccc(-n2c(SC(C)C(=O)NC3CCCCC3)nnc2-c2ccncc2)cc1. The van der Waals surface area contributed by atoms with Crippen LogP contribution in [0, 0.1) is 6.92 Å². The lowest BCUT2D eigenvalue weighted by Crippen LogP contribution is -2.40. The van der Waals surface area contributed by atoms with Crippen LogP contribution in [0.2, 0.25) is 0 Å². The second kappa shape index (κ2) is 9.43. The lowest BCUT2D eigenvalue weighted by molar-refractivity contribution is -0.121. The fraction of sp³-hybridized carbons (Fsp3) is 0.391. The van der Waals surface area contributed by atoms with Crippen molar-refractivity contribution in [2.24, 2.45) is 0 Å². The molecular formula is C23H27N5OS. The van der Waals surface area contributed by atoms with E-state index < -0.39 is 0 Å². The van der Waals surface area contributed by atoms with E-state index in [-0.39, 0.29) is 11.2 Å². The van der Waals surface area contributed by atoms with E-state index in [1.54, 1.807) is 12.4 Å². The smallest absolute Gasteiger partial charge is 0.233 e. The van der Waals surface area contributed by atoms with Gasteiger partial charge in [-0.05, 0) is 51.0 Å². The molecule has 0 spiro atoms. The molecule has 1 aromatic carbocycles. The molecule has 2 heterocycles. The van der Waals surface area contributed by atoms with E-state index in [1.807, 2.05) is 23.6 Å². The topological polar surface area (TPSA) is 72.7 Å². The number of rotatable bonds is 6. The Morgan fingerprint density at radius 3 is 2.47 bits per heavy atom. The zero-order valence-electron chi connectivity index (χ0n) is 17.4. The molecule has 0 aliphatic heterocycles. The average Bonchev–Trinajstić information content (AvgIpc) is 3.19. The molecule has 0 radical (unpaired) electrons. The quantitative estimate of drug-likeness (QED) is 0.591. The molecule has 4 rings (SSSR count).